The van der Waals surface area contributed by atoms with E-state index in [0.717, 1.165) is 18.4 Å². The minimum Gasteiger partial charge on any atom is -0.467 e. The second kappa shape index (κ2) is 8.23. The number of furan rings is 1. The lowest BCUT2D eigenvalue weighted by Crippen LogP contribution is -2.30. The molecule has 1 aliphatic rings. The fourth-order valence-electron chi connectivity index (χ4n) is 3.04. The van der Waals surface area contributed by atoms with Crippen molar-refractivity contribution in [3.05, 3.63) is 89.9 Å². The number of carbonyl (C=O) groups is 1. The fraction of sp³-hybridized carbons (Fsp3) is 0.227. The molecule has 0 radical (unpaired) electrons. The summed E-state index contributed by atoms with van der Waals surface area (Å²) >= 11 is 0. The van der Waals surface area contributed by atoms with Crippen molar-refractivity contribution in [2.75, 3.05) is 0 Å². The topological polar surface area (TPSA) is 79.6 Å². The van der Waals surface area contributed by atoms with Crippen molar-refractivity contribution >= 4 is 15.9 Å². The highest BCUT2D eigenvalue weighted by atomic mass is 32.2. The Kier molecular flexibility index (Phi) is 5.51. The van der Waals surface area contributed by atoms with E-state index in [9.17, 15) is 13.2 Å². The lowest BCUT2D eigenvalue weighted by molar-refractivity contribution is 0.0717. The summed E-state index contributed by atoms with van der Waals surface area (Å²) in [7, 11) is -3.54. The molecule has 1 saturated carbocycles. The normalized spacial score (nSPS) is 13.9. The minimum atomic E-state index is -3.54. The minimum absolute atomic E-state index is 0.0379. The summed E-state index contributed by atoms with van der Waals surface area (Å²) in [5, 5.41) is 0. The molecule has 0 saturated heterocycles. The Bertz CT molecular complexity index is 1060. The Labute approximate surface area is 170 Å². The number of amides is 1. The third-order valence-corrected chi connectivity index (χ3v) is 6.28. The van der Waals surface area contributed by atoms with E-state index < -0.39 is 10.0 Å². The molecule has 7 heteroatoms. The molecule has 2 aromatic carbocycles. The van der Waals surface area contributed by atoms with Gasteiger partial charge < -0.3 is 9.32 Å². The number of rotatable bonds is 8. The molecular weight excluding hydrogens is 388 g/mol. The van der Waals surface area contributed by atoms with Gasteiger partial charge in [-0.05, 0) is 54.8 Å². The Morgan fingerprint density at radius 2 is 1.69 bits per heavy atom. The van der Waals surface area contributed by atoms with Crippen LogP contribution in [0.15, 0.2) is 82.3 Å². The molecule has 150 valence electrons. The van der Waals surface area contributed by atoms with Gasteiger partial charge in [0, 0.05) is 18.2 Å². The summed E-state index contributed by atoms with van der Waals surface area (Å²) in [4.78, 5) is 15.0. The van der Waals surface area contributed by atoms with E-state index in [4.69, 9.17) is 4.42 Å². The van der Waals surface area contributed by atoms with E-state index in [1.54, 1.807) is 29.4 Å². The zero-order valence-electron chi connectivity index (χ0n) is 15.8. The molecule has 1 amide bonds. The molecule has 0 atom stereocenters. The average Bonchev–Trinajstić information content (AvgIpc) is 3.38. The first-order chi connectivity index (χ1) is 14.0. The van der Waals surface area contributed by atoms with Crippen molar-refractivity contribution in [3.8, 4) is 0 Å². The van der Waals surface area contributed by atoms with E-state index in [1.165, 1.54) is 12.1 Å². The van der Waals surface area contributed by atoms with Crippen LogP contribution < -0.4 is 4.72 Å². The van der Waals surface area contributed by atoms with Crippen LogP contribution in [0.5, 0.6) is 0 Å². The first kappa shape index (κ1) is 19.4. The third kappa shape index (κ3) is 4.93. The maximum atomic E-state index is 13.1. The first-order valence-corrected chi connectivity index (χ1v) is 11.0. The van der Waals surface area contributed by atoms with Gasteiger partial charge in [0.15, 0.2) is 0 Å². The number of nitrogens with one attached hydrogen (secondary N) is 1. The van der Waals surface area contributed by atoms with Crippen LogP contribution in [0.3, 0.4) is 0 Å². The largest absolute Gasteiger partial charge is 0.467 e. The molecule has 1 aliphatic carbocycles. The molecule has 3 aromatic rings. The summed E-state index contributed by atoms with van der Waals surface area (Å²) in [5.41, 5.74) is 1.43. The van der Waals surface area contributed by atoms with Gasteiger partial charge in [-0.15, -0.1) is 0 Å². The number of hydrogen-bond acceptors (Lipinski definition) is 4. The van der Waals surface area contributed by atoms with E-state index in [0.29, 0.717) is 24.4 Å². The van der Waals surface area contributed by atoms with Crippen LogP contribution in [0.25, 0.3) is 0 Å². The Morgan fingerprint density at radius 1 is 0.966 bits per heavy atom. The van der Waals surface area contributed by atoms with Crippen LogP contribution >= 0.6 is 0 Å². The van der Waals surface area contributed by atoms with E-state index >= 15 is 0 Å². The van der Waals surface area contributed by atoms with Crippen LogP contribution in [0.1, 0.15) is 34.5 Å². The van der Waals surface area contributed by atoms with Crippen LogP contribution in [0.2, 0.25) is 0 Å². The molecule has 1 N–H and O–H groups in total. The zero-order chi connectivity index (χ0) is 20.3. The van der Waals surface area contributed by atoms with Crippen molar-refractivity contribution in [2.45, 2.75) is 36.9 Å². The van der Waals surface area contributed by atoms with Gasteiger partial charge in [-0.25, -0.2) is 13.1 Å². The van der Waals surface area contributed by atoms with Crippen LogP contribution in [-0.4, -0.2) is 25.3 Å². The zero-order valence-corrected chi connectivity index (χ0v) is 16.6. The van der Waals surface area contributed by atoms with Crippen molar-refractivity contribution in [1.82, 2.24) is 9.62 Å². The van der Waals surface area contributed by atoms with Crippen LogP contribution in [0, 0.1) is 0 Å². The van der Waals surface area contributed by atoms with E-state index in [2.05, 4.69) is 4.72 Å². The summed E-state index contributed by atoms with van der Waals surface area (Å²) in [5.74, 6) is 0.492. The molecule has 0 bridgehead atoms. The number of sulfonamides is 1. The highest BCUT2D eigenvalue weighted by molar-refractivity contribution is 7.89. The van der Waals surface area contributed by atoms with Gasteiger partial charge in [0.2, 0.25) is 10.0 Å². The van der Waals surface area contributed by atoms with Gasteiger partial charge in [0.1, 0.15) is 5.76 Å². The smallest absolute Gasteiger partial charge is 0.254 e. The molecule has 0 aliphatic heterocycles. The molecule has 0 unspecified atom stereocenters. The monoisotopic (exact) mass is 410 g/mol. The van der Waals surface area contributed by atoms with Gasteiger partial charge in [0.25, 0.3) is 5.91 Å². The maximum absolute atomic E-state index is 13.1. The van der Waals surface area contributed by atoms with E-state index in [-0.39, 0.29) is 16.8 Å². The molecule has 6 nitrogen and oxygen atoms in total. The van der Waals surface area contributed by atoms with Crippen molar-refractivity contribution in [2.24, 2.45) is 0 Å². The molecule has 1 fully saturated rings. The van der Waals surface area contributed by atoms with Crippen molar-refractivity contribution in [1.29, 1.82) is 0 Å². The summed E-state index contributed by atoms with van der Waals surface area (Å²) < 4.78 is 32.7. The van der Waals surface area contributed by atoms with Gasteiger partial charge >= 0.3 is 0 Å². The SMILES string of the molecule is O=C(c1ccc(S(=O)(=O)NC2CC2)cc1)N(Cc1ccccc1)Cc1ccco1. The molecule has 0 spiro atoms. The lowest BCUT2D eigenvalue weighted by Gasteiger charge is -2.22. The quantitative estimate of drug-likeness (QED) is 0.616. The summed E-state index contributed by atoms with van der Waals surface area (Å²) in [6, 6.07) is 19.4. The Balaban J connectivity index is 1.54. The number of hydrogen-bond donors (Lipinski definition) is 1. The van der Waals surface area contributed by atoms with Crippen LogP contribution in [-0.2, 0) is 23.1 Å². The van der Waals surface area contributed by atoms with Crippen molar-refractivity contribution in [3.63, 3.8) is 0 Å². The molecule has 1 heterocycles. The number of carbonyl (C=O) groups excluding carboxylic acids is 1. The van der Waals surface area contributed by atoms with Gasteiger partial charge in [-0.1, -0.05) is 30.3 Å². The Hall–Kier alpha value is -2.90. The molecule has 29 heavy (non-hydrogen) atoms. The number of nitrogens with zero attached hydrogens (tertiary/aromatic N) is 1. The summed E-state index contributed by atoms with van der Waals surface area (Å²) in [6.45, 7) is 0.744. The predicted octanol–water partition coefficient (Wildman–Crippen LogP) is 3.56. The predicted molar refractivity (Wildman–Crippen MR) is 109 cm³/mol. The third-order valence-electron chi connectivity index (χ3n) is 4.74. The standard InChI is InChI=1S/C22H22N2O4S/c25-22(18-8-12-21(13-9-18)29(26,27)23-19-10-11-19)24(16-20-7-4-14-28-20)15-17-5-2-1-3-6-17/h1-9,12-14,19,23H,10-11,15-16H2. The second-order valence-electron chi connectivity index (χ2n) is 7.15. The maximum Gasteiger partial charge on any atom is 0.254 e. The lowest BCUT2D eigenvalue weighted by atomic mass is 10.1. The fourth-order valence-corrected chi connectivity index (χ4v) is 4.35. The summed E-state index contributed by atoms with van der Waals surface area (Å²) in [6.07, 6.45) is 3.32. The molecular formula is C22H22N2O4S. The van der Waals surface area contributed by atoms with Gasteiger partial charge in [-0.2, -0.15) is 0 Å². The van der Waals surface area contributed by atoms with E-state index in [1.807, 2.05) is 36.4 Å². The Morgan fingerprint density at radius 3 is 2.31 bits per heavy atom. The van der Waals surface area contributed by atoms with Gasteiger partial charge in [0.05, 0.1) is 17.7 Å². The first-order valence-electron chi connectivity index (χ1n) is 9.49. The van der Waals surface area contributed by atoms with Crippen molar-refractivity contribution < 1.29 is 17.6 Å². The van der Waals surface area contributed by atoms with Crippen LogP contribution in [0.4, 0.5) is 0 Å². The molecule has 1 aromatic heterocycles. The highest BCUT2D eigenvalue weighted by Crippen LogP contribution is 2.23. The number of benzene rings is 2. The second-order valence-corrected chi connectivity index (χ2v) is 8.86. The van der Waals surface area contributed by atoms with Gasteiger partial charge in [-0.3, -0.25) is 4.79 Å². The average molecular weight is 410 g/mol. The highest BCUT2D eigenvalue weighted by Gasteiger charge is 2.28. The molecule has 4 rings (SSSR count).